The molecule has 0 aromatic carbocycles. The van der Waals surface area contributed by atoms with Crippen molar-refractivity contribution in [2.24, 2.45) is 0 Å². The summed E-state index contributed by atoms with van der Waals surface area (Å²) >= 11 is 1.49. The van der Waals surface area contributed by atoms with E-state index >= 15 is 0 Å². The molecule has 0 bridgehead atoms. The molecule has 0 unspecified atom stereocenters. The van der Waals surface area contributed by atoms with Crippen LogP contribution in [0.4, 0.5) is 0 Å². The number of esters is 1. The van der Waals surface area contributed by atoms with E-state index in [1.54, 1.807) is 0 Å². The van der Waals surface area contributed by atoms with Gasteiger partial charge in [-0.3, -0.25) is 4.79 Å². The van der Waals surface area contributed by atoms with Crippen molar-refractivity contribution < 1.29 is 9.53 Å². The quantitative estimate of drug-likeness (QED) is 0.811. The first-order valence-electron chi connectivity index (χ1n) is 7.64. The number of nitrogens with zero attached hydrogens (tertiary/aromatic N) is 4. The van der Waals surface area contributed by atoms with Crippen LogP contribution in [-0.4, -0.2) is 32.4 Å². The van der Waals surface area contributed by atoms with E-state index in [9.17, 15) is 4.79 Å². The number of hydrogen-bond acceptors (Lipinski definition) is 6. The normalized spacial score (nSPS) is 21.0. The lowest BCUT2D eigenvalue weighted by atomic mass is 9.87. The van der Waals surface area contributed by atoms with E-state index in [0.717, 1.165) is 54.3 Å². The van der Waals surface area contributed by atoms with Crippen LogP contribution in [0.3, 0.4) is 0 Å². The van der Waals surface area contributed by atoms with E-state index in [-0.39, 0.29) is 5.97 Å². The summed E-state index contributed by atoms with van der Waals surface area (Å²) < 4.78 is 7.17. The van der Waals surface area contributed by atoms with Crippen LogP contribution < -0.4 is 0 Å². The van der Waals surface area contributed by atoms with E-state index in [4.69, 9.17) is 9.84 Å². The predicted octanol–water partition coefficient (Wildman–Crippen LogP) is 2.44. The lowest BCUT2D eigenvalue weighted by molar-refractivity contribution is -0.150. The molecule has 2 fully saturated rings. The molecule has 112 valence electrons. The third-order valence-electron chi connectivity index (χ3n) is 4.49. The van der Waals surface area contributed by atoms with Gasteiger partial charge in [0.05, 0.1) is 6.61 Å². The Morgan fingerprint density at radius 3 is 2.81 bits per heavy atom. The summed E-state index contributed by atoms with van der Waals surface area (Å²) in [6.07, 6.45) is 6.08. The highest BCUT2D eigenvalue weighted by Gasteiger charge is 2.47. The summed E-state index contributed by atoms with van der Waals surface area (Å²) in [6, 6.07) is 0. The van der Waals surface area contributed by atoms with Gasteiger partial charge in [-0.25, -0.2) is 0 Å². The molecule has 0 N–H and O–H groups in total. The lowest BCUT2D eigenvalue weighted by Crippen LogP contribution is -2.34. The zero-order valence-corrected chi connectivity index (χ0v) is 12.9. The van der Waals surface area contributed by atoms with Gasteiger partial charge in [0.2, 0.25) is 4.96 Å². The minimum absolute atomic E-state index is 0.125. The second kappa shape index (κ2) is 4.76. The molecule has 0 aliphatic heterocycles. The van der Waals surface area contributed by atoms with Gasteiger partial charge in [-0.15, -0.1) is 10.2 Å². The zero-order valence-electron chi connectivity index (χ0n) is 12.0. The molecule has 2 saturated carbocycles. The Labute approximate surface area is 126 Å². The molecular formula is C14H18N4O2S. The summed E-state index contributed by atoms with van der Waals surface area (Å²) in [5.41, 5.74) is -0.553. The number of aromatic nitrogens is 4. The van der Waals surface area contributed by atoms with Crippen molar-refractivity contribution in [3.8, 4) is 0 Å². The molecule has 0 amide bonds. The maximum atomic E-state index is 12.5. The van der Waals surface area contributed by atoms with Crippen LogP contribution in [0.25, 0.3) is 4.96 Å². The predicted molar refractivity (Wildman–Crippen MR) is 77.4 cm³/mol. The summed E-state index contributed by atoms with van der Waals surface area (Å²) in [5, 5.41) is 14.0. The van der Waals surface area contributed by atoms with Crippen molar-refractivity contribution in [1.82, 2.24) is 19.8 Å². The van der Waals surface area contributed by atoms with Crippen molar-refractivity contribution in [1.29, 1.82) is 0 Å². The van der Waals surface area contributed by atoms with Gasteiger partial charge in [0.15, 0.2) is 5.82 Å². The van der Waals surface area contributed by atoms with Crippen LogP contribution in [0.15, 0.2) is 0 Å². The molecule has 2 aliphatic carbocycles. The number of carbonyl (C=O) groups is 1. The van der Waals surface area contributed by atoms with Gasteiger partial charge in [0.25, 0.3) is 0 Å². The molecule has 2 heterocycles. The second-order valence-electron chi connectivity index (χ2n) is 5.94. The van der Waals surface area contributed by atoms with Crippen LogP contribution >= 0.6 is 11.3 Å². The first kappa shape index (κ1) is 13.2. The largest absolute Gasteiger partial charge is 0.465 e. The third kappa shape index (κ3) is 1.97. The lowest BCUT2D eigenvalue weighted by Gasteiger charge is -2.23. The fraction of sp³-hybridized carbons (Fsp3) is 0.714. The van der Waals surface area contributed by atoms with Crippen LogP contribution in [0.1, 0.15) is 62.2 Å². The molecule has 7 heteroatoms. The topological polar surface area (TPSA) is 69.4 Å². The standard InChI is InChI=1S/C14H18N4O2S/c1-2-20-12(19)14(7-3-4-8-14)11-17-18-10(9-5-6-9)15-16-13(18)21-11/h9H,2-8H2,1H3. The van der Waals surface area contributed by atoms with Crippen LogP contribution in [-0.2, 0) is 14.9 Å². The number of fused-ring (bicyclic) bond motifs is 1. The molecule has 2 aromatic heterocycles. The highest BCUT2D eigenvalue weighted by atomic mass is 32.1. The molecule has 4 rings (SSSR count). The fourth-order valence-corrected chi connectivity index (χ4v) is 4.26. The van der Waals surface area contributed by atoms with Crippen molar-refractivity contribution in [2.75, 3.05) is 6.61 Å². The molecule has 2 aromatic rings. The van der Waals surface area contributed by atoms with E-state index in [2.05, 4.69) is 10.2 Å². The van der Waals surface area contributed by atoms with Gasteiger partial charge < -0.3 is 4.74 Å². The van der Waals surface area contributed by atoms with E-state index in [1.807, 2.05) is 11.4 Å². The summed E-state index contributed by atoms with van der Waals surface area (Å²) in [7, 11) is 0. The van der Waals surface area contributed by atoms with Crippen LogP contribution in [0, 0.1) is 0 Å². The first-order chi connectivity index (χ1) is 10.2. The minimum Gasteiger partial charge on any atom is -0.465 e. The van der Waals surface area contributed by atoms with Gasteiger partial charge >= 0.3 is 5.97 Å². The number of ether oxygens (including phenoxy) is 1. The summed E-state index contributed by atoms with van der Waals surface area (Å²) in [6.45, 7) is 2.27. The SMILES string of the molecule is CCOC(=O)C1(c2nn3c(C4CC4)nnc3s2)CCCC1. The molecule has 0 radical (unpaired) electrons. The number of carbonyl (C=O) groups excluding carboxylic acids is 1. The molecule has 21 heavy (non-hydrogen) atoms. The Bertz CT molecular complexity index is 682. The van der Waals surface area contributed by atoms with Crippen LogP contribution in [0.5, 0.6) is 0 Å². The Balaban J connectivity index is 1.77. The second-order valence-corrected chi connectivity index (χ2v) is 6.90. The van der Waals surface area contributed by atoms with Gasteiger partial charge in [-0.05, 0) is 32.6 Å². The minimum atomic E-state index is -0.553. The maximum absolute atomic E-state index is 12.5. The monoisotopic (exact) mass is 306 g/mol. The van der Waals surface area contributed by atoms with Crippen molar-refractivity contribution in [3.05, 3.63) is 10.8 Å². The average Bonchev–Trinajstić information content (AvgIpc) is 2.92. The highest BCUT2D eigenvalue weighted by molar-refractivity contribution is 7.16. The maximum Gasteiger partial charge on any atom is 0.319 e. The summed E-state index contributed by atoms with van der Waals surface area (Å²) in [5.74, 6) is 1.32. The Morgan fingerprint density at radius 2 is 2.14 bits per heavy atom. The smallest absolute Gasteiger partial charge is 0.319 e. The number of rotatable bonds is 4. The average molecular weight is 306 g/mol. The van der Waals surface area contributed by atoms with E-state index in [1.165, 1.54) is 11.3 Å². The number of hydrogen-bond donors (Lipinski definition) is 0. The van der Waals surface area contributed by atoms with Crippen molar-refractivity contribution in [2.45, 2.75) is 56.8 Å². The molecular weight excluding hydrogens is 288 g/mol. The Hall–Kier alpha value is -1.50. The van der Waals surface area contributed by atoms with E-state index in [0.29, 0.717) is 12.5 Å². The van der Waals surface area contributed by atoms with Crippen LogP contribution in [0.2, 0.25) is 0 Å². The molecule has 0 spiro atoms. The fourth-order valence-electron chi connectivity index (χ4n) is 3.17. The molecule has 0 atom stereocenters. The van der Waals surface area contributed by atoms with Gasteiger partial charge in [0, 0.05) is 5.92 Å². The molecule has 2 aliphatic rings. The molecule has 0 saturated heterocycles. The Kier molecular flexibility index (Phi) is 2.99. The Morgan fingerprint density at radius 1 is 1.38 bits per heavy atom. The van der Waals surface area contributed by atoms with Gasteiger partial charge in [-0.1, -0.05) is 24.2 Å². The van der Waals surface area contributed by atoms with Gasteiger partial charge in [0.1, 0.15) is 10.4 Å². The zero-order chi connectivity index (χ0) is 14.4. The van der Waals surface area contributed by atoms with Crippen molar-refractivity contribution in [3.63, 3.8) is 0 Å². The first-order valence-corrected chi connectivity index (χ1v) is 8.46. The summed E-state index contributed by atoms with van der Waals surface area (Å²) in [4.78, 5) is 13.3. The molecule has 6 nitrogen and oxygen atoms in total. The highest BCUT2D eigenvalue weighted by Crippen LogP contribution is 2.45. The third-order valence-corrected chi connectivity index (χ3v) is 5.59. The van der Waals surface area contributed by atoms with Crippen molar-refractivity contribution >= 4 is 22.3 Å². The van der Waals surface area contributed by atoms with E-state index < -0.39 is 5.41 Å². The van der Waals surface area contributed by atoms with Gasteiger partial charge in [-0.2, -0.15) is 9.61 Å².